The molecule has 1 heterocycles. The highest BCUT2D eigenvalue weighted by molar-refractivity contribution is 5.79. The first kappa shape index (κ1) is 12.2. The third-order valence-electron chi connectivity index (χ3n) is 2.10. The summed E-state index contributed by atoms with van der Waals surface area (Å²) in [6.07, 6.45) is 1.28. The number of carbonyl (C=O) groups excluding carboxylic acids is 1. The molecule has 88 valence electrons. The maximum absolute atomic E-state index is 11.4. The van der Waals surface area contributed by atoms with Gasteiger partial charge in [0.2, 0.25) is 0 Å². The number of carbonyl (C=O) groups is 1. The molecule has 1 atom stereocenters. The van der Waals surface area contributed by atoms with Gasteiger partial charge >= 0.3 is 5.97 Å². The molecule has 6 nitrogen and oxygen atoms in total. The third-order valence-corrected chi connectivity index (χ3v) is 2.10. The summed E-state index contributed by atoms with van der Waals surface area (Å²) in [6.45, 7) is 3.75. The van der Waals surface area contributed by atoms with Crippen molar-refractivity contribution >= 4 is 11.8 Å². The van der Waals surface area contributed by atoms with Gasteiger partial charge in [0.05, 0.1) is 13.4 Å². The minimum absolute atomic E-state index is 0.0357. The third kappa shape index (κ3) is 3.08. The van der Waals surface area contributed by atoms with E-state index in [2.05, 4.69) is 20.0 Å². The number of aromatic amines is 1. The normalized spacial score (nSPS) is 12.2. The van der Waals surface area contributed by atoms with Crippen LogP contribution in [-0.2, 0) is 9.53 Å². The first-order valence-corrected chi connectivity index (χ1v) is 4.93. The van der Waals surface area contributed by atoms with Gasteiger partial charge < -0.3 is 15.0 Å². The summed E-state index contributed by atoms with van der Waals surface area (Å²) in [6, 6.07) is 0.775. The summed E-state index contributed by atoms with van der Waals surface area (Å²) in [4.78, 5) is 28.8. The fraction of sp³-hybridized carbons (Fsp3) is 0.500. The van der Waals surface area contributed by atoms with Gasteiger partial charge in [-0.25, -0.2) is 9.78 Å². The van der Waals surface area contributed by atoms with E-state index in [1.807, 2.05) is 13.8 Å². The molecule has 2 N–H and O–H groups in total. The molecular formula is C10H15N3O3. The summed E-state index contributed by atoms with van der Waals surface area (Å²) in [7, 11) is 1.32. The molecule has 0 bridgehead atoms. The van der Waals surface area contributed by atoms with Crippen LogP contribution >= 0.6 is 0 Å². The number of hydrogen-bond donors (Lipinski definition) is 2. The van der Waals surface area contributed by atoms with Gasteiger partial charge in [0, 0.05) is 6.07 Å². The molecule has 0 aliphatic heterocycles. The Morgan fingerprint density at radius 2 is 2.25 bits per heavy atom. The lowest BCUT2D eigenvalue weighted by atomic mass is 10.0. The van der Waals surface area contributed by atoms with E-state index in [1.165, 1.54) is 19.5 Å². The van der Waals surface area contributed by atoms with Crippen LogP contribution in [0, 0.1) is 5.92 Å². The van der Waals surface area contributed by atoms with Crippen LogP contribution in [0.15, 0.2) is 17.2 Å². The van der Waals surface area contributed by atoms with Gasteiger partial charge in [-0.1, -0.05) is 13.8 Å². The van der Waals surface area contributed by atoms with E-state index in [1.54, 1.807) is 0 Å². The predicted octanol–water partition coefficient (Wildman–Crippen LogP) is 0.379. The molecule has 1 aromatic heterocycles. The zero-order chi connectivity index (χ0) is 12.1. The van der Waals surface area contributed by atoms with Crippen LogP contribution in [0.4, 0.5) is 5.82 Å². The Kier molecular flexibility index (Phi) is 4.04. The van der Waals surface area contributed by atoms with Crippen molar-refractivity contribution in [2.75, 3.05) is 12.4 Å². The van der Waals surface area contributed by atoms with E-state index in [9.17, 15) is 9.59 Å². The number of anilines is 1. The first-order chi connectivity index (χ1) is 7.54. The Labute approximate surface area is 93.0 Å². The van der Waals surface area contributed by atoms with Crippen LogP contribution in [0.25, 0.3) is 0 Å². The Morgan fingerprint density at radius 1 is 1.56 bits per heavy atom. The molecule has 1 aromatic rings. The van der Waals surface area contributed by atoms with Crippen molar-refractivity contribution in [1.82, 2.24) is 9.97 Å². The van der Waals surface area contributed by atoms with Crippen molar-refractivity contribution in [2.45, 2.75) is 19.9 Å². The molecule has 0 spiro atoms. The van der Waals surface area contributed by atoms with E-state index in [0.717, 1.165) is 0 Å². The Balaban J connectivity index is 2.84. The van der Waals surface area contributed by atoms with Crippen molar-refractivity contribution in [3.63, 3.8) is 0 Å². The summed E-state index contributed by atoms with van der Waals surface area (Å²) in [5, 5.41) is 2.86. The molecule has 0 aromatic carbocycles. The van der Waals surface area contributed by atoms with Crippen molar-refractivity contribution in [3.8, 4) is 0 Å². The van der Waals surface area contributed by atoms with Crippen LogP contribution in [-0.4, -0.2) is 29.1 Å². The van der Waals surface area contributed by atoms with Crippen LogP contribution in [0.1, 0.15) is 13.8 Å². The number of ether oxygens (including phenoxy) is 1. The zero-order valence-electron chi connectivity index (χ0n) is 9.48. The maximum Gasteiger partial charge on any atom is 0.328 e. The largest absolute Gasteiger partial charge is 0.467 e. The highest BCUT2D eigenvalue weighted by Crippen LogP contribution is 2.09. The number of esters is 1. The summed E-state index contributed by atoms with van der Waals surface area (Å²) in [5.74, 6) is 0.0125. The van der Waals surface area contributed by atoms with Crippen molar-refractivity contribution in [1.29, 1.82) is 0 Å². The quantitative estimate of drug-likeness (QED) is 0.724. The SMILES string of the molecule is COC(=O)C(Nc1cc(=O)[nH]cn1)C(C)C. The molecule has 1 unspecified atom stereocenters. The van der Waals surface area contributed by atoms with Gasteiger partial charge in [0.1, 0.15) is 11.9 Å². The average Bonchev–Trinajstić information content (AvgIpc) is 2.24. The summed E-state index contributed by atoms with van der Waals surface area (Å²) in [5.41, 5.74) is -0.273. The van der Waals surface area contributed by atoms with E-state index in [-0.39, 0.29) is 17.4 Å². The number of nitrogens with one attached hydrogen (secondary N) is 2. The number of aromatic nitrogens is 2. The van der Waals surface area contributed by atoms with E-state index in [0.29, 0.717) is 5.82 Å². The number of hydrogen-bond acceptors (Lipinski definition) is 5. The smallest absolute Gasteiger partial charge is 0.328 e. The highest BCUT2D eigenvalue weighted by atomic mass is 16.5. The van der Waals surface area contributed by atoms with Crippen LogP contribution in [0.2, 0.25) is 0 Å². The molecule has 16 heavy (non-hydrogen) atoms. The molecule has 0 saturated carbocycles. The molecule has 6 heteroatoms. The van der Waals surface area contributed by atoms with Crippen LogP contribution in [0.5, 0.6) is 0 Å². The Bertz CT molecular complexity index is 414. The molecule has 0 radical (unpaired) electrons. The van der Waals surface area contributed by atoms with Gasteiger partial charge in [0.15, 0.2) is 0 Å². The van der Waals surface area contributed by atoms with Gasteiger partial charge in [-0.2, -0.15) is 0 Å². The lowest BCUT2D eigenvalue weighted by Crippen LogP contribution is -2.36. The highest BCUT2D eigenvalue weighted by Gasteiger charge is 2.23. The van der Waals surface area contributed by atoms with E-state index < -0.39 is 6.04 Å². The van der Waals surface area contributed by atoms with Crippen LogP contribution < -0.4 is 10.9 Å². The van der Waals surface area contributed by atoms with Gasteiger partial charge in [-0.15, -0.1) is 0 Å². The molecule has 0 amide bonds. The van der Waals surface area contributed by atoms with E-state index in [4.69, 9.17) is 0 Å². The predicted molar refractivity (Wildman–Crippen MR) is 59.1 cm³/mol. The van der Waals surface area contributed by atoms with Crippen molar-refractivity contribution in [3.05, 3.63) is 22.7 Å². The molecule has 0 aliphatic rings. The standard InChI is InChI=1S/C10H15N3O3/c1-6(2)9(10(15)16-3)13-7-4-8(14)12-5-11-7/h4-6,9H,1-3H3,(H2,11,12,13,14). The molecule has 0 fully saturated rings. The zero-order valence-corrected chi connectivity index (χ0v) is 9.48. The lowest BCUT2D eigenvalue weighted by Gasteiger charge is -2.19. The van der Waals surface area contributed by atoms with Crippen molar-refractivity contribution in [2.24, 2.45) is 5.92 Å². The van der Waals surface area contributed by atoms with Gasteiger partial charge in [0.25, 0.3) is 5.56 Å². The number of methoxy groups -OCH3 is 1. The van der Waals surface area contributed by atoms with Gasteiger partial charge in [-0.05, 0) is 5.92 Å². The molecular weight excluding hydrogens is 210 g/mol. The van der Waals surface area contributed by atoms with E-state index >= 15 is 0 Å². The molecule has 1 rings (SSSR count). The second-order valence-corrected chi connectivity index (χ2v) is 3.69. The Morgan fingerprint density at radius 3 is 2.75 bits per heavy atom. The van der Waals surface area contributed by atoms with Gasteiger partial charge in [-0.3, -0.25) is 4.79 Å². The van der Waals surface area contributed by atoms with Crippen molar-refractivity contribution < 1.29 is 9.53 Å². The Hall–Kier alpha value is -1.85. The number of nitrogens with zero attached hydrogens (tertiary/aromatic N) is 1. The summed E-state index contributed by atoms with van der Waals surface area (Å²) >= 11 is 0. The topological polar surface area (TPSA) is 84.1 Å². The second kappa shape index (κ2) is 5.29. The molecule has 0 saturated heterocycles. The fourth-order valence-corrected chi connectivity index (χ4v) is 1.23. The monoisotopic (exact) mass is 225 g/mol. The number of H-pyrrole nitrogens is 1. The lowest BCUT2D eigenvalue weighted by molar-refractivity contribution is -0.142. The fourth-order valence-electron chi connectivity index (χ4n) is 1.23. The first-order valence-electron chi connectivity index (χ1n) is 4.93. The minimum Gasteiger partial charge on any atom is -0.467 e. The number of rotatable bonds is 4. The maximum atomic E-state index is 11.4. The minimum atomic E-state index is -0.515. The average molecular weight is 225 g/mol. The van der Waals surface area contributed by atoms with Crippen LogP contribution in [0.3, 0.4) is 0 Å². The second-order valence-electron chi connectivity index (χ2n) is 3.69. The molecule has 0 aliphatic carbocycles. The summed E-state index contributed by atoms with van der Waals surface area (Å²) < 4.78 is 4.66.